The minimum atomic E-state index is -1.92. The van der Waals surface area contributed by atoms with Crippen LogP contribution in [0.5, 0.6) is 0 Å². The van der Waals surface area contributed by atoms with Gasteiger partial charge in [-0.1, -0.05) is 109 Å². The standard InChI is InChI=1S/C52H39N3S2/c1-7-19-41(20-8-1)56(42-21-9-2-10-22-42,43-23-11-3-12-24-43)47-31-33-51-49(35-47)50-36-48(32-34-52(50)55(51)40-37-53-39-54-38-40)57(44-25-13-4-14-26-44,45-27-15-5-16-28-45)46-29-17-6-18-30-46/h1-39H. The Balaban J connectivity index is 1.34. The first-order chi connectivity index (χ1) is 28.3. The zero-order valence-electron chi connectivity index (χ0n) is 31.2. The van der Waals surface area contributed by atoms with Gasteiger partial charge in [-0.05, 0) is 109 Å². The minimum absolute atomic E-state index is 0.929. The maximum atomic E-state index is 4.48. The Hall–Kier alpha value is -6.66. The highest BCUT2D eigenvalue weighted by molar-refractivity contribution is 8.34. The van der Waals surface area contributed by atoms with Crippen LogP contribution < -0.4 is 0 Å². The Morgan fingerprint density at radius 2 is 0.579 bits per heavy atom. The van der Waals surface area contributed by atoms with Gasteiger partial charge in [-0.3, -0.25) is 0 Å². The number of hydrogen-bond donors (Lipinski definition) is 0. The highest BCUT2D eigenvalue weighted by Crippen LogP contribution is 2.75. The molecule has 0 saturated heterocycles. The molecule has 0 amide bonds. The molecule has 0 unspecified atom stereocenters. The summed E-state index contributed by atoms with van der Waals surface area (Å²) in [5.74, 6) is 0. The summed E-state index contributed by atoms with van der Waals surface area (Å²) >= 11 is 0. The maximum Gasteiger partial charge on any atom is 0.115 e. The molecule has 3 nitrogen and oxygen atoms in total. The van der Waals surface area contributed by atoms with Crippen molar-refractivity contribution in [1.82, 2.24) is 14.5 Å². The second-order valence-electron chi connectivity index (χ2n) is 13.9. The SMILES string of the molecule is c1ccc(S(c2ccccc2)(c2ccccc2)c2ccc3c(c2)c2cc(S(c4ccccc4)(c4ccccc4)c4ccccc4)ccc2n3-c2cncnc2)cc1. The number of nitrogens with zero attached hydrogens (tertiary/aromatic N) is 3. The molecule has 0 aliphatic heterocycles. The van der Waals surface area contributed by atoms with Gasteiger partial charge in [0, 0.05) is 49.9 Å². The van der Waals surface area contributed by atoms with Crippen LogP contribution in [0.15, 0.2) is 276 Å². The predicted molar refractivity (Wildman–Crippen MR) is 236 cm³/mol. The van der Waals surface area contributed by atoms with E-state index in [1.807, 2.05) is 12.4 Å². The summed E-state index contributed by atoms with van der Waals surface area (Å²) in [7, 11) is -3.85. The van der Waals surface area contributed by atoms with Crippen molar-refractivity contribution in [3.63, 3.8) is 0 Å². The zero-order valence-corrected chi connectivity index (χ0v) is 32.8. The maximum absolute atomic E-state index is 4.48. The van der Waals surface area contributed by atoms with E-state index >= 15 is 0 Å². The largest absolute Gasteiger partial charge is 0.306 e. The van der Waals surface area contributed by atoms with Gasteiger partial charge in [0.2, 0.25) is 0 Å². The van der Waals surface area contributed by atoms with Crippen molar-refractivity contribution >= 4 is 41.9 Å². The van der Waals surface area contributed by atoms with E-state index in [1.165, 1.54) is 49.9 Å². The molecule has 0 fully saturated rings. The third-order valence-electron chi connectivity index (χ3n) is 10.8. The van der Waals surface area contributed by atoms with E-state index in [0.717, 1.165) is 16.7 Å². The number of benzene rings is 8. The summed E-state index contributed by atoms with van der Waals surface area (Å²) in [6, 6.07) is 80.8. The van der Waals surface area contributed by atoms with Crippen molar-refractivity contribution in [2.75, 3.05) is 0 Å². The third kappa shape index (κ3) is 5.70. The normalized spacial score (nSPS) is 12.4. The molecule has 8 aromatic carbocycles. The van der Waals surface area contributed by atoms with E-state index in [9.17, 15) is 0 Å². The lowest BCUT2D eigenvalue weighted by molar-refractivity contribution is 1.07. The molecule has 0 spiro atoms. The highest BCUT2D eigenvalue weighted by Gasteiger charge is 2.36. The first kappa shape index (κ1) is 34.8. The van der Waals surface area contributed by atoms with E-state index in [-0.39, 0.29) is 0 Å². The van der Waals surface area contributed by atoms with Crippen LogP contribution in [-0.4, -0.2) is 14.5 Å². The summed E-state index contributed by atoms with van der Waals surface area (Å²) in [5, 5.41) is 2.38. The molecule has 0 saturated carbocycles. The molecule has 0 aliphatic carbocycles. The summed E-state index contributed by atoms with van der Waals surface area (Å²) in [6.07, 6.45) is 5.42. The lowest BCUT2D eigenvalue weighted by Crippen LogP contribution is -2.05. The van der Waals surface area contributed by atoms with E-state index < -0.39 is 20.1 Å². The van der Waals surface area contributed by atoms with Crippen LogP contribution in [0.3, 0.4) is 0 Å². The fourth-order valence-corrected chi connectivity index (χ4v) is 16.2. The van der Waals surface area contributed by atoms with Crippen LogP contribution >= 0.6 is 20.1 Å². The summed E-state index contributed by atoms with van der Waals surface area (Å²) in [5.41, 5.74) is 3.16. The van der Waals surface area contributed by atoms with Gasteiger partial charge >= 0.3 is 0 Å². The van der Waals surface area contributed by atoms with E-state index in [2.05, 4.69) is 233 Å². The van der Waals surface area contributed by atoms with Crippen molar-refractivity contribution in [2.45, 2.75) is 39.2 Å². The fraction of sp³-hybridized carbons (Fsp3) is 0. The second kappa shape index (κ2) is 14.8. The third-order valence-corrected chi connectivity index (χ3v) is 18.6. The average molecular weight is 770 g/mol. The summed E-state index contributed by atoms with van der Waals surface area (Å²) in [6.45, 7) is 0. The summed E-state index contributed by atoms with van der Waals surface area (Å²) in [4.78, 5) is 19.3. The van der Waals surface area contributed by atoms with Gasteiger partial charge in [0.1, 0.15) is 6.33 Å². The fourth-order valence-electron chi connectivity index (χ4n) is 8.43. The van der Waals surface area contributed by atoms with E-state index in [1.54, 1.807) is 6.33 Å². The summed E-state index contributed by atoms with van der Waals surface area (Å²) < 4.78 is 2.33. The Kier molecular flexibility index (Phi) is 9.02. The lowest BCUT2D eigenvalue weighted by atomic mass is 10.1. The van der Waals surface area contributed by atoms with Crippen molar-refractivity contribution in [3.05, 3.63) is 237 Å². The molecule has 0 N–H and O–H groups in total. The van der Waals surface area contributed by atoms with Crippen LogP contribution in [0.25, 0.3) is 27.5 Å². The molecule has 5 heteroatoms. The molecule has 0 bridgehead atoms. The minimum Gasteiger partial charge on any atom is -0.306 e. The van der Waals surface area contributed by atoms with Crippen molar-refractivity contribution in [1.29, 1.82) is 0 Å². The van der Waals surface area contributed by atoms with Crippen molar-refractivity contribution in [3.8, 4) is 5.69 Å². The second-order valence-corrected chi connectivity index (χ2v) is 20.1. The molecular formula is C52H39N3S2. The van der Waals surface area contributed by atoms with Crippen LogP contribution in [0.4, 0.5) is 0 Å². The Morgan fingerprint density at radius 3 is 0.860 bits per heavy atom. The van der Waals surface area contributed by atoms with Crippen LogP contribution in [0.2, 0.25) is 0 Å². The Labute approximate surface area is 336 Å². The Bertz CT molecular complexity index is 2550. The van der Waals surface area contributed by atoms with E-state index in [0.29, 0.717) is 0 Å². The van der Waals surface area contributed by atoms with Gasteiger partial charge in [0.15, 0.2) is 0 Å². The van der Waals surface area contributed by atoms with Gasteiger partial charge < -0.3 is 4.57 Å². The molecule has 0 radical (unpaired) electrons. The quantitative estimate of drug-likeness (QED) is 0.146. The predicted octanol–water partition coefficient (Wildman–Crippen LogP) is 14.3. The highest BCUT2D eigenvalue weighted by atomic mass is 32.3. The monoisotopic (exact) mass is 769 g/mol. The van der Waals surface area contributed by atoms with Gasteiger partial charge in [-0.15, -0.1) is 20.1 Å². The molecule has 2 aromatic heterocycles. The molecule has 0 atom stereocenters. The molecular weight excluding hydrogens is 731 g/mol. The van der Waals surface area contributed by atoms with Crippen LogP contribution in [0, 0.1) is 0 Å². The van der Waals surface area contributed by atoms with Crippen LogP contribution in [-0.2, 0) is 0 Å². The van der Waals surface area contributed by atoms with Crippen molar-refractivity contribution in [2.24, 2.45) is 0 Å². The number of hydrogen-bond acceptors (Lipinski definition) is 2. The molecule has 2 heterocycles. The molecule has 10 rings (SSSR count). The van der Waals surface area contributed by atoms with Crippen molar-refractivity contribution < 1.29 is 0 Å². The van der Waals surface area contributed by atoms with Crippen LogP contribution in [0.1, 0.15) is 0 Å². The first-order valence-corrected chi connectivity index (χ1v) is 22.4. The Morgan fingerprint density at radius 1 is 0.298 bits per heavy atom. The molecule has 10 aromatic rings. The number of aromatic nitrogens is 3. The molecule has 57 heavy (non-hydrogen) atoms. The van der Waals surface area contributed by atoms with Gasteiger partial charge in [-0.2, -0.15) is 0 Å². The number of rotatable bonds is 9. The smallest absolute Gasteiger partial charge is 0.115 e. The molecule has 0 aliphatic rings. The lowest BCUT2D eigenvalue weighted by Gasteiger charge is -2.42. The number of fused-ring (bicyclic) bond motifs is 3. The van der Waals surface area contributed by atoms with Gasteiger partial charge in [0.25, 0.3) is 0 Å². The zero-order chi connectivity index (χ0) is 38.1. The average Bonchev–Trinajstić information content (AvgIpc) is 3.63. The van der Waals surface area contributed by atoms with Gasteiger partial charge in [0.05, 0.1) is 29.1 Å². The van der Waals surface area contributed by atoms with E-state index in [4.69, 9.17) is 0 Å². The molecule has 274 valence electrons. The van der Waals surface area contributed by atoms with Gasteiger partial charge in [-0.25, -0.2) is 9.97 Å². The topological polar surface area (TPSA) is 30.7 Å². The first-order valence-electron chi connectivity index (χ1n) is 19.1.